The summed E-state index contributed by atoms with van der Waals surface area (Å²) in [5.74, 6) is 0. The molecule has 2 atom stereocenters. The van der Waals surface area contributed by atoms with E-state index in [0.29, 0.717) is 18.7 Å². The number of thiophene rings is 1. The van der Waals surface area contributed by atoms with Gasteiger partial charge in [0.1, 0.15) is 0 Å². The van der Waals surface area contributed by atoms with Gasteiger partial charge in [0.2, 0.25) is 0 Å². The molecule has 0 aliphatic rings. The van der Waals surface area contributed by atoms with E-state index in [4.69, 9.17) is 5.11 Å². The number of aliphatic hydroxyl groups is 1. The third kappa shape index (κ3) is 4.24. The molecule has 16 heavy (non-hydrogen) atoms. The van der Waals surface area contributed by atoms with Crippen LogP contribution >= 0.6 is 11.3 Å². The molecule has 1 aromatic rings. The van der Waals surface area contributed by atoms with Crippen LogP contribution in [0.2, 0.25) is 0 Å². The van der Waals surface area contributed by atoms with Crippen molar-refractivity contribution in [3.05, 3.63) is 21.9 Å². The fourth-order valence-electron chi connectivity index (χ4n) is 1.81. The Kier molecular flexibility index (Phi) is 6.03. The van der Waals surface area contributed by atoms with Crippen LogP contribution in [-0.4, -0.2) is 17.8 Å². The van der Waals surface area contributed by atoms with Crippen LogP contribution in [0.3, 0.4) is 0 Å². The quantitative estimate of drug-likeness (QED) is 0.769. The van der Waals surface area contributed by atoms with Crippen molar-refractivity contribution in [3.63, 3.8) is 0 Å². The summed E-state index contributed by atoms with van der Waals surface area (Å²) in [6.07, 6.45) is 3.04. The van der Waals surface area contributed by atoms with Gasteiger partial charge in [-0.2, -0.15) is 0 Å². The summed E-state index contributed by atoms with van der Waals surface area (Å²) in [5, 5.41) is 12.3. The topological polar surface area (TPSA) is 32.3 Å². The van der Waals surface area contributed by atoms with Crippen LogP contribution in [-0.2, 0) is 6.42 Å². The normalized spacial score (nSPS) is 15.0. The minimum absolute atomic E-state index is 0.291. The third-order valence-corrected chi connectivity index (χ3v) is 4.20. The van der Waals surface area contributed by atoms with Crippen LogP contribution in [0, 0.1) is 0 Å². The second kappa shape index (κ2) is 7.05. The zero-order chi connectivity index (χ0) is 12.0. The highest BCUT2D eigenvalue weighted by atomic mass is 32.1. The average molecular weight is 241 g/mol. The summed E-state index contributed by atoms with van der Waals surface area (Å²) in [4.78, 5) is 2.86. The van der Waals surface area contributed by atoms with Gasteiger partial charge in [0.05, 0.1) is 0 Å². The molecule has 1 rings (SSSR count). The van der Waals surface area contributed by atoms with Gasteiger partial charge in [0.25, 0.3) is 0 Å². The van der Waals surface area contributed by atoms with Gasteiger partial charge in [-0.3, -0.25) is 0 Å². The Morgan fingerprint density at radius 2 is 2.12 bits per heavy atom. The van der Waals surface area contributed by atoms with Crippen molar-refractivity contribution in [2.75, 3.05) is 6.61 Å². The summed E-state index contributed by atoms with van der Waals surface area (Å²) >= 11 is 1.89. The summed E-state index contributed by atoms with van der Waals surface area (Å²) in [6.45, 7) is 6.87. The largest absolute Gasteiger partial charge is 0.396 e. The van der Waals surface area contributed by atoms with Crippen LogP contribution in [0.25, 0.3) is 0 Å². The Hall–Kier alpha value is -0.380. The molecule has 2 nitrogen and oxygen atoms in total. The fourth-order valence-corrected chi connectivity index (χ4v) is 2.77. The Morgan fingerprint density at radius 1 is 1.38 bits per heavy atom. The first-order chi connectivity index (χ1) is 7.67. The Bertz CT molecular complexity index is 298. The number of rotatable bonds is 7. The molecule has 0 amide bonds. The maximum atomic E-state index is 8.78. The van der Waals surface area contributed by atoms with Crippen molar-refractivity contribution in [2.24, 2.45) is 0 Å². The molecule has 2 N–H and O–H groups in total. The highest BCUT2D eigenvalue weighted by molar-refractivity contribution is 7.12. The maximum Gasteiger partial charge on any atom is 0.0431 e. The van der Waals surface area contributed by atoms with Gasteiger partial charge in [-0.15, -0.1) is 11.3 Å². The molecular weight excluding hydrogens is 218 g/mol. The number of hydrogen-bond donors (Lipinski definition) is 2. The van der Waals surface area contributed by atoms with Crippen molar-refractivity contribution in [2.45, 2.75) is 52.1 Å². The molecule has 0 spiro atoms. The lowest BCUT2D eigenvalue weighted by Crippen LogP contribution is -2.28. The molecule has 0 fully saturated rings. The molecule has 1 heterocycles. The average Bonchev–Trinajstić information content (AvgIpc) is 2.74. The number of aryl methyl sites for hydroxylation is 1. The lowest BCUT2D eigenvalue weighted by atomic mass is 10.1. The van der Waals surface area contributed by atoms with Crippen molar-refractivity contribution >= 4 is 11.3 Å². The van der Waals surface area contributed by atoms with Gasteiger partial charge in [-0.1, -0.05) is 6.92 Å². The molecule has 2 unspecified atom stereocenters. The molecule has 0 radical (unpaired) electrons. The molecule has 3 heteroatoms. The van der Waals surface area contributed by atoms with Gasteiger partial charge < -0.3 is 10.4 Å². The Morgan fingerprint density at radius 3 is 2.69 bits per heavy atom. The summed E-state index contributed by atoms with van der Waals surface area (Å²) < 4.78 is 0. The van der Waals surface area contributed by atoms with Crippen LogP contribution in [0.15, 0.2) is 12.1 Å². The van der Waals surface area contributed by atoms with Gasteiger partial charge in [0.15, 0.2) is 0 Å². The highest BCUT2D eigenvalue weighted by Crippen LogP contribution is 2.24. The zero-order valence-corrected chi connectivity index (χ0v) is 11.3. The second-order valence-electron chi connectivity index (χ2n) is 4.31. The van der Waals surface area contributed by atoms with Gasteiger partial charge >= 0.3 is 0 Å². The van der Waals surface area contributed by atoms with Crippen molar-refractivity contribution in [1.29, 1.82) is 0 Å². The van der Waals surface area contributed by atoms with Gasteiger partial charge in [0, 0.05) is 28.4 Å². The second-order valence-corrected chi connectivity index (χ2v) is 5.51. The molecule has 0 aliphatic heterocycles. The van der Waals surface area contributed by atoms with Crippen LogP contribution < -0.4 is 5.32 Å². The zero-order valence-electron chi connectivity index (χ0n) is 10.5. The lowest BCUT2D eigenvalue weighted by molar-refractivity contribution is 0.274. The SMILES string of the molecule is CCc1ccc(C(C)NC(C)CCCO)s1. The smallest absolute Gasteiger partial charge is 0.0431 e. The van der Waals surface area contributed by atoms with E-state index in [1.54, 1.807) is 0 Å². The van der Waals surface area contributed by atoms with Crippen LogP contribution in [0.4, 0.5) is 0 Å². The van der Waals surface area contributed by atoms with E-state index in [0.717, 1.165) is 19.3 Å². The minimum Gasteiger partial charge on any atom is -0.396 e. The number of aliphatic hydroxyl groups excluding tert-OH is 1. The van der Waals surface area contributed by atoms with Gasteiger partial charge in [-0.05, 0) is 45.2 Å². The molecule has 0 saturated heterocycles. The van der Waals surface area contributed by atoms with E-state index >= 15 is 0 Å². The van der Waals surface area contributed by atoms with E-state index in [-0.39, 0.29) is 0 Å². The van der Waals surface area contributed by atoms with Crippen molar-refractivity contribution < 1.29 is 5.11 Å². The highest BCUT2D eigenvalue weighted by Gasteiger charge is 2.10. The molecular formula is C13H23NOS. The maximum absolute atomic E-state index is 8.78. The van der Waals surface area contributed by atoms with E-state index in [9.17, 15) is 0 Å². The van der Waals surface area contributed by atoms with Gasteiger partial charge in [-0.25, -0.2) is 0 Å². The molecule has 1 aromatic heterocycles. The number of hydrogen-bond acceptors (Lipinski definition) is 3. The van der Waals surface area contributed by atoms with E-state index < -0.39 is 0 Å². The summed E-state index contributed by atoms with van der Waals surface area (Å²) in [5.41, 5.74) is 0. The standard InChI is InChI=1S/C13H23NOS/c1-4-12-7-8-13(16-12)11(3)14-10(2)6-5-9-15/h7-8,10-11,14-15H,4-6,9H2,1-3H3. The molecule has 0 aromatic carbocycles. The van der Waals surface area contributed by atoms with Crippen LogP contribution in [0.1, 0.15) is 49.4 Å². The van der Waals surface area contributed by atoms with Crippen molar-refractivity contribution in [1.82, 2.24) is 5.32 Å². The first-order valence-electron chi connectivity index (χ1n) is 6.12. The van der Waals surface area contributed by atoms with Crippen molar-refractivity contribution in [3.8, 4) is 0 Å². The molecule has 92 valence electrons. The summed E-state index contributed by atoms with van der Waals surface area (Å²) in [7, 11) is 0. The van der Waals surface area contributed by atoms with E-state index in [1.165, 1.54) is 9.75 Å². The third-order valence-electron chi connectivity index (χ3n) is 2.79. The Labute approximate surface area is 103 Å². The molecule has 0 aliphatic carbocycles. The first kappa shape index (κ1) is 13.7. The minimum atomic E-state index is 0.291. The number of nitrogens with one attached hydrogen (secondary N) is 1. The lowest BCUT2D eigenvalue weighted by Gasteiger charge is -2.18. The predicted octanol–water partition coefficient (Wildman–Crippen LogP) is 3.12. The van der Waals surface area contributed by atoms with E-state index in [2.05, 4.69) is 38.2 Å². The predicted molar refractivity (Wildman–Crippen MR) is 71.0 cm³/mol. The fraction of sp³-hybridized carbons (Fsp3) is 0.692. The molecule has 0 saturated carbocycles. The monoisotopic (exact) mass is 241 g/mol. The summed E-state index contributed by atoms with van der Waals surface area (Å²) in [6, 6.07) is 5.32. The first-order valence-corrected chi connectivity index (χ1v) is 6.94. The van der Waals surface area contributed by atoms with Crippen LogP contribution in [0.5, 0.6) is 0 Å². The molecule has 0 bridgehead atoms. The van der Waals surface area contributed by atoms with E-state index in [1.807, 2.05) is 11.3 Å². The Balaban J connectivity index is 2.41.